The van der Waals surface area contributed by atoms with Crippen LogP contribution in [0, 0.1) is 13.8 Å². The first-order valence-electron chi connectivity index (χ1n) is 8.49. The number of aromatic nitrogens is 1. The molecule has 27 heavy (non-hydrogen) atoms. The van der Waals surface area contributed by atoms with Gasteiger partial charge in [0.05, 0.1) is 16.3 Å². The number of hydrogen-bond acceptors (Lipinski definition) is 4. The van der Waals surface area contributed by atoms with Crippen molar-refractivity contribution < 1.29 is 5.11 Å². The van der Waals surface area contributed by atoms with Crippen molar-refractivity contribution in [2.24, 2.45) is 17.0 Å². The van der Waals surface area contributed by atoms with Crippen LogP contribution >= 0.6 is 27.3 Å². The molecule has 4 nitrogen and oxygen atoms in total. The van der Waals surface area contributed by atoms with E-state index in [-0.39, 0.29) is 5.88 Å². The van der Waals surface area contributed by atoms with Crippen molar-refractivity contribution in [3.8, 4) is 5.88 Å². The van der Waals surface area contributed by atoms with Crippen LogP contribution in [0.4, 0.5) is 11.4 Å². The van der Waals surface area contributed by atoms with Crippen LogP contribution < -0.4 is 4.80 Å². The maximum absolute atomic E-state index is 10.6. The van der Waals surface area contributed by atoms with Crippen LogP contribution in [0.5, 0.6) is 5.88 Å². The number of fused-ring (bicyclic) bond motifs is 1. The van der Waals surface area contributed by atoms with Crippen LogP contribution in [-0.2, 0) is 7.05 Å². The highest BCUT2D eigenvalue weighted by Gasteiger charge is 2.15. The Hall–Kier alpha value is -2.44. The second-order valence-corrected chi connectivity index (χ2v) is 8.41. The van der Waals surface area contributed by atoms with Gasteiger partial charge in [-0.3, -0.25) is 9.56 Å². The molecule has 1 aromatic heterocycles. The van der Waals surface area contributed by atoms with E-state index in [0.717, 1.165) is 42.2 Å². The third-order valence-electron chi connectivity index (χ3n) is 4.72. The summed E-state index contributed by atoms with van der Waals surface area (Å²) in [5, 5.41) is 10.6. The second kappa shape index (κ2) is 6.94. The molecule has 0 saturated carbocycles. The van der Waals surface area contributed by atoms with E-state index >= 15 is 0 Å². The lowest BCUT2D eigenvalue weighted by Crippen LogP contribution is -2.09. The Morgan fingerprint density at radius 2 is 2.04 bits per heavy atom. The molecule has 4 rings (SSSR count). The molecule has 2 heterocycles. The molecule has 0 unspecified atom stereocenters. The monoisotopic (exact) mass is 439 g/mol. The van der Waals surface area contributed by atoms with E-state index in [4.69, 9.17) is 4.99 Å². The second-order valence-electron chi connectivity index (χ2n) is 6.48. The van der Waals surface area contributed by atoms with Crippen LogP contribution in [0.3, 0.4) is 0 Å². The summed E-state index contributed by atoms with van der Waals surface area (Å²) in [6, 6.07) is 12.1. The summed E-state index contributed by atoms with van der Waals surface area (Å²) in [6.07, 6.45) is 3.79. The molecule has 0 atom stereocenters. The molecule has 0 saturated heterocycles. The van der Waals surface area contributed by atoms with E-state index in [2.05, 4.69) is 40.8 Å². The standard InChI is InChI=1S/C21H18BrN3OS/c1-12-5-4-6-17(13(12)2)24-21-25(3)20(26)19(27-21)9-14-11-23-18-8-7-15(22)10-16(14)18/h4-11,26H,1-3H3. The van der Waals surface area contributed by atoms with Gasteiger partial charge in [-0.05, 0) is 55.3 Å². The number of halogens is 1. The minimum Gasteiger partial charge on any atom is -0.493 e. The summed E-state index contributed by atoms with van der Waals surface area (Å²) >= 11 is 4.97. The molecule has 6 heteroatoms. The number of aliphatic imine (C=N–C) groups is 1. The van der Waals surface area contributed by atoms with Gasteiger partial charge in [-0.25, -0.2) is 4.99 Å². The van der Waals surface area contributed by atoms with E-state index in [1.165, 1.54) is 16.9 Å². The summed E-state index contributed by atoms with van der Waals surface area (Å²) < 4.78 is 2.72. The first kappa shape index (κ1) is 17.9. The fraction of sp³-hybridized carbons (Fsp3) is 0.143. The zero-order valence-corrected chi connectivity index (χ0v) is 17.6. The third kappa shape index (κ3) is 3.31. The van der Waals surface area contributed by atoms with Gasteiger partial charge in [-0.15, -0.1) is 0 Å². The first-order chi connectivity index (χ1) is 12.9. The Bertz CT molecular complexity index is 1180. The van der Waals surface area contributed by atoms with Crippen molar-refractivity contribution in [3.05, 3.63) is 67.2 Å². The number of aryl methyl sites for hydroxylation is 1. The molecule has 3 aromatic rings. The summed E-state index contributed by atoms with van der Waals surface area (Å²) in [6.45, 7) is 4.14. The quantitative estimate of drug-likeness (QED) is 0.549. The van der Waals surface area contributed by atoms with E-state index in [1.54, 1.807) is 4.57 Å². The van der Waals surface area contributed by atoms with Crippen molar-refractivity contribution in [3.63, 3.8) is 0 Å². The SMILES string of the molecule is Cc1cccc(N=c2sc(C=C3C=Nc4ccc(Br)cc43)c(O)n2C)c1C. The first-order valence-corrected chi connectivity index (χ1v) is 10.1. The van der Waals surface area contributed by atoms with E-state index in [9.17, 15) is 5.11 Å². The highest BCUT2D eigenvalue weighted by Crippen LogP contribution is 2.36. The van der Waals surface area contributed by atoms with E-state index in [0.29, 0.717) is 0 Å². The van der Waals surface area contributed by atoms with Gasteiger partial charge in [0.1, 0.15) is 0 Å². The summed E-state index contributed by atoms with van der Waals surface area (Å²) in [5.74, 6) is 0.202. The maximum atomic E-state index is 10.6. The minimum absolute atomic E-state index is 0.202. The number of benzene rings is 2. The zero-order chi connectivity index (χ0) is 19.1. The van der Waals surface area contributed by atoms with Crippen LogP contribution in [-0.4, -0.2) is 15.9 Å². The molecule has 2 aromatic carbocycles. The molecular formula is C21H18BrN3OS. The molecule has 136 valence electrons. The van der Waals surface area contributed by atoms with Crippen molar-refractivity contribution >= 4 is 56.5 Å². The Labute approximate surface area is 170 Å². The number of rotatable bonds is 2. The number of aromatic hydroxyl groups is 1. The average molecular weight is 440 g/mol. The van der Waals surface area contributed by atoms with Crippen LogP contribution in [0.15, 0.2) is 50.9 Å². The Balaban J connectivity index is 1.81. The highest BCUT2D eigenvalue weighted by atomic mass is 79.9. The molecule has 1 aliphatic heterocycles. The molecule has 0 spiro atoms. The lowest BCUT2D eigenvalue weighted by Gasteiger charge is -2.02. The van der Waals surface area contributed by atoms with Gasteiger partial charge in [-0.2, -0.15) is 0 Å². The number of hydrogen-bond donors (Lipinski definition) is 1. The fourth-order valence-electron chi connectivity index (χ4n) is 2.94. The topological polar surface area (TPSA) is 49.9 Å². The number of thiazole rings is 1. The van der Waals surface area contributed by atoms with Crippen LogP contribution in [0.25, 0.3) is 11.6 Å². The molecule has 0 aliphatic carbocycles. The third-order valence-corrected chi connectivity index (χ3v) is 6.28. The smallest absolute Gasteiger partial charge is 0.210 e. The summed E-state index contributed by atoms with van der Waals surface area (Å²) in [5.41, 5.74) is 6.22. The van der Waals surface area contributed by atoms with Crippen molar-refractivity contribution in [2.45, 2.75) is 13.8 Å². The van der Waals surface area contributed by atoms with Crippen molar-refractivity contribution in [1.82, 2.24) is 4.57 Å². The number of nitrogens with zero attached hydrogens (tertiary/aromatic N) is 3. The van der Waals surface area contributed by atoms with Crippen LogP contribution in [0.1, 0.15) is 21.6 Å². The highest BCUT2D eigenvalue weighted by molar-refractivity contribution is 9.10. The van der Waals surface area contributed by atoms with Crippen molar-refractivity contribution in [1.29, 1.82) is 0 Å². The minimum atomic E-state index is 0.202. The zero-order valence-electron chi connectivity index (χ0n) is 15.2. The molecule has 1 N–H and O–H groups in total. The molecule has 1 aliphatic rings. The Morgan fingerprint density at radius 3 is 2.85 bits per heavy atom. The normalized spacial score (nSPS) is 15.0. The van der Waals surface area contributed by atoms with E-state index < -0.39 is 0 Å². The molecule has 0 bridgehead atoms. The lowest BCUT2D eigenvalue weighted by atomic mass is 10.1. The Kier molecular flexibility index (Phi) is 4.61. The average Bonchev–Trinajstić information content (AvgIpc) is 3.15. The van der Waals surface area contributed by atoms with Gasteiger partial charge >= 0.3 is 0 Å². The molecule has 0 radical (unpaired) electrons. The molecule has 0 amide bonds. The van der Waals surface area contributed by atoms with E-state index in [1.807, 2.05) is 49.7 Å². The predicted octanol–water partition coefficient (Wildman–Crippen LogP) is 5.66. The molecule has 0 fully saturated rings. The molecular weight excluding hydrogens is 422 g/mol. The lowest BCUT2D eigenvalue weighted by molar-refractivity contribution is 0.427. The van der Waals surface area contributed by atoms with Crippen molar-refractivity contribution in [2.75, 3.05) is 0 Å². The van der Waals surface area contributed by atoms with Crippen LogP contribution in [0.2, 0.25) is 0 Å². The van der Waals surface area contributed by atoms with Gasteiger partial charge in [0.25, 0.3) is 0 Å². The Morgan fingerprint density at radius 1 is 1.22 bits per heavy atom. The summed E-state index contributed by atoms with van der Waals surface area (Å²) in [4.78, 5) is 10.7. The maximum Gasteiger partial charge on any atom is 0.210 e. The number of allylic oxidation sites excluding steroid dienone is 1. The fourth-order valence-corrected chi connectivity index (χ4v) is 4.28. The van der Waals surface area contributed by atoms with Gasteiger partial charge in [0.2, 0.25) is 5.88 Å². The predicted molar refractivity (Wildman–Crippen MR) is 116 cm³/mol. The van der Waals surface area contributed by atoms with Gasteiger partial charge in [0, 0.05) is 28.9 Å². The van der Waals surface area contributed by atoms with Gasteiger partial charge < -0.3 is 5.11 Å². The largest absolute Gasteiger partial charge is 0.493 e. The van der Waals surface area contributed by atoms with Gasteiger partial charge in [-0.1, -0.05) is 39.4 Å². The van der Waals surface area contributed by atoms with Gasteiger partial charge in [0.15, 0.2) is 4.80 Å². The summed E-state index contributed by atoms with van der Waals surface area (Å²) in [7, 11) is 1.82.